The number of carbonyl (C=O) groups excluding carboxylic acids is 1. The molecule has 6 heteroatoms. The molecule has 0 amide bonds. The lowest BCUT2D eigenvalue weighted by molar-refractivity contribution is 0.0961. The number of ketones is 1. The number of Topliss-reactive ketones (excluding diaryl/α,β-unsaturated/α-hetero) is 1. The Bertz CT molecular complexity index is 493. The molecule has 4 nitrogen and oxygen atoms in total. The molecular weight excluding hydrogens is 264 g/mol. The van der Waals surface area contributed by atoms with E-state index in [1.165, 1.54) is 31.2 Å². The predicted octanol–water partition coefficient (Wildman–Crippen LogP) is 1.32. The minimum Gasteiger partial charge on any atom is -0.395 e. The maximum Gasteiger partial charge on any atom is 0.183 e. The molecule has 0 aromatic heterocycles. The van der Waals surface area contributed by atoms with Crippen molar-refractivity contribution in [3.63, 3.8) is 0 Å². The highest BCUT2D eigenvalue weighted by Crippen LogP contribution is 2.14. The van der Waals surface area contributed by atoms with E-state index in [1.807, 2.05) is 0 Å². The smallest absolute Gasteiger partial charge is 0.183 e. The summed E-state index contributed by atoms with van der Waals surface area (Å²) in [5, 5.41) is 8.12. The van der Waals surface area contributed by atoms with Gasteiger partial charge in [0.25, 0.3) is 0 Å². The highest BCUT2D eigenvalue weighted by atomic mass is 35.5. The van der Waals surface area contributed by atoms with Gasteiger partial charge in [0.2, 0.25) is 0 Å². The van der Waals surface area contributed by atoms with Crippen molar-refractivity contribution >= 4 is 27.2 Å². The molecule has 1 N–H and O–H groups in total. The van der Waals surface area contributed by atoms with Gasteiger partial charge in [-0.25, -0.2) is 8.42 Å². The number of halogens is 1. The quantitative estimate of drug-likeness (QED) is 0.824. The highest BCUT2D eigenvalue weighted by molar-refractivity contribution is 7.92. The number of hydrogen-bond acceptors (Lipinski definition) is 4. The third kappa shape index (κ3) is 3.28. The molecule has 0 spiro atoms. The Hall–Kier alpha value is -0.910. The fourth-order valence-electron chi connectivity index (χ4n) is 1.36. The predicted molar refractivity (Wildman–Crippen MR) is 66.1 cm³/mol. The average Bonchev–Trinajstić information content (AvgIpc) is 2.30. The zero-order chi connectivity index (χ0) is 13.1. The van der Waals surface area contributed by atoms with E-state index in [2.05, 4.69) is 0 Å². The van der Waals surface area contributed by atoms with E-state index in [0.29, 0.717) is 5.02 Å². The molecule has 0 radical (unpaired) electrons. The van der Waals surface area contributed by atoms with Crippen LogP contribution in [0.1, 0.15) is 17.3 Å². The fraction of sp³-hybridized carbons (Fsp3) is 0.364. The Kier molecular flexibility index (Phi) is 4.68. The monoisotopic (exact) mass is 276 g/mol. The number of aliphatic hydroxyl groups excluding tert-OH is 1. The molecule has 0 aliphatic carbocycles. The second-order valence-electron chi connectivity index (χ2n) is 3.49. The van der Waals surface area contributed by atoms with Crippen LogP contribution in [0.15, 0.2) is 24.3 Å². The lowest BCUT2D eigenvalue weighted by atomic mass is 10.1. The van der Waals surface area contributed by atoms with Crippen molar-refractivity contribution in [2.45, 2.75) is 12.2 Å². The van der Waals surface area contributed by atoms with Gasteiger partial charge in [0.1, 0.15) is 5.25 Å². The summed E-state index contributed by atoms with van der Waals surface area (Å²) in [6.45, 7) is 0.727. The van der Waals surface area contributed by atoms with Crippen LogP contribution in [-0.4, -0.2) is 36.9 Å². The molecule has 0 aliphatic rings. The third-order valence-corrected chi connectivity index (χ3v) is 4.71. The second-order valence-corrected chi connectivity index (χ2v) is 6.40. The number of aliphatic hydroxyl groups is 1. The first-order chi connectivity index (χ1) is 7.92. The molecule has 0 fully saturated rings. The number of rotatable bonds is 5. The molecule has 1 rings (SSSR count). The molecule has 0 saturated carbocycles. The van der Waals surface area contributed by atoms with Gasteiger partial charge in [-0.1, -0.05) is 18.5 Å². The Balaban J connectivity index is 3.07. The summed E-state index contributed by atoms with van der Waals surface area (Å²) in [7, 11) is -3.60. The second kappa shape index (κ2) is 5.62. The largest absolute Gasteiger partial charge is 0.395 e. The molecule has 1 aromatic rings. The van der Waals surface area contributed by atoms with Crippen molar-refractivity contribution in [2.75, 3.05) is 12.4 Å². The van der Waals surface area contributed by atoms with Crippen LogP contribution in [0.4, 0.5) is 0 Å². The van der Waals surface area contributed by atoms with Gasteiger partial charge in [0, 0.05) is 16.3 Å². The Morgan fingerprint density at radius 3 is 2.29 bits per heavy atom. The summed E-state index contributed by atoms with van der Waals surface area (Å²) >= 11 is 5.67. The first-order valence-corrected chi connectivity index (χ1v) is 7.14. The lowest BCUT2D eigenvalue weighted by Crippen LogP contribution is -2.35. The van der Waals surface area contributed by atoms with Crippen molar-refractivity contribution in [3.05, 3.63) is 34.9 Å². The van der Waals surface area contributed by atoms with Crippen LogP contribution in [0, 0.1) is 0 Å². The molecule has 1 atom stereocenters. The zero-order valence-corrected chi connectivity index (χ0v) is 10.8. The van der Waals surface area contributed by atoms with Gasteiger partial charge >= 0.3 is 0 Å². The van der Waals surface area contributed by atoms with E-state index in [1.54, 1.807) is 0 Å². The van der Waals surface area contributed by atoms with Crippen molar-refractivity contribution in [2.24, 2.45) is 0 Å². The van der Waals surface area contributed by atoms with E-state index in [-0.39, 0.29) is 11.3 Å². The molecule has 17 heavy (non-hydrogen) atoms. The fourth-order valence-corrected chi connectivity index (χ4v) is 2.58. The Morgan fingerprint density at radius 1 is 1.35 bits per heavy atom. The van der Waals surface area contributed by atoms with Gasteiger partial charge in [-0.3, -0.25) is 4.79 Å². The summed E-state index contributed by atoms with van der Waals surface area (Å²) in [4.78, 5) is 11.9. The summed E-state index contributed by atoms with van der Waals surface area (Å²) in [5.74, 6) is -0.789. The summed E-state index contributed by atoms with van der Waals surface area (Å²) in [6.07, 6.45) is 0. The zero-order valence-electron chi connectivity index (χ0n) is 9.26. The van der Waals surface area contributed by atoms with Gasteiger partial charge in [-0.2, -0.15) is 0 Å². The number of benzene rings is 1. The van der Waals surface area contributed by atoms with Crippen LogP contribution in [-0.2, 0) is 9.84 Å². The Labute approximate surface area is 105 Å². The standard InChI is InChI=1S/C11H13ClO4S/c1-2-17(15,16)10(7-13)11(14)8-3-5-9(12)6-4-8/h3-6,10,13H,2,7H2,1H3/t10-/m1/s1. The number of sulfone groups is 1. The molecule has 0 aliphatic heterocycles. The van der Waals surface area contributed by atoms with E-state index in [9.17, 15) is 13.2 Å². The normalized spacial score (nSPS) is 13.4. The number of carbonyl (C=O) groups is 1. The van der Waals surface area contributed by atoms with Gasteiger partial charge in [-0.05, 0) is 24.3 Å². The number of hydrogen-bond donors (Lipinski definition) is 1. The SMILES string of the molecule is CCS(=O)(=O)[C@H](CO)C(=O)c1ccc(Cl)cc1. The first kappa shape index (κ1) is 14.2. The molecule has 1 aromatic carbocycles. The van der Waals surface area contributed by atoms with Crippen LogP contribution in [0.5, 0.6) is 0 Å². The minimum absolute atomic E-state index is 0.183. The van der Waals surface area contributed by atoms with Crippen molar-refractivity contribution in [1.82, 2.24) is 0 Å². The van der Waals surface area contributed by atoms with Crippen LogP contribution in [0.2, 0.25) is 5.02 Å². The molecule has 94 valence electrons. The molecule has 0 saturated heterocycles. The van der Waals surface area contributed by atoms with Crippen LogP contribution >= 0.6 is 11.6 Å². The van der Waals surface area contributed by atoms with Crippen molar-refractivity contribution < 1.29 is 18.3 Å². The highest BCUT2D eigenvalue weighted by Gasteiger charge is 2.30. The van der Waals surface area contributed by atoms with Gasteiger partial charge < -0.3 is 5.11 Å². The summed E-state index contributed by atoms with van der Waals surface area (Å²) in [5.41, 5.74) is 0.227. The van der Waals surface area contributed by atoms with E-state index >= 15 is 0 Å². The van der Waals surface area contributed by atoms with Crippen LogP contribution in [0.3, 0.4) is 0 Å². The summed E-state index contributed by atoms with van der Waals surface area (Å²) < 4.78 is 23.2. The molecule has 0 heterocycles. The molecular formula is C11H13ClO4S. The minimum atomic E-state index is -3.60. The van der Waals surface area contributed by atoms with Gasteiger partial charge in [-0.15, -0.1) is 0 Å². The molecule has 0 bridgehead atoms. The van der Waals surface area contributed by atoms with E-state index in [4.69, 9.17) is 16.7 Å². The maximum absolute atomic E-state index is 11.9. The third-order valence-electron chi connectivity index (χ3n) is 2.42. The van der Waals surface area contributed by atoms with Crippen molar-refractivity contribution in [1.29, 1.82) is 0 Å². The Morgan fingerprint density at radius 2 is 1.88 bits per heavy atom. The topological polar surface area (TPSA) is 71.4 Å². The van der Waals surface area contributed by atoms with Crippen molar-refractivity contribution in [3.8, 4) is 0 Å². The summed E-state index contributed by atoms with van der Waals surface area (Å²) in [6, 6.07) is 5.89. The first-order valence-electron chi connectivity index (χ1n) is 5.04. The van der Waals surface area contributed by atoms with E-state index < -0.39 is 27.5 Å². The van der Waals surface area contributed by atoms with E-state index in [0.717, 1.165) is 0 Å². The van der Waals surface area contributed by atoms with Gasteiger partial charge in [0.15, 0.2) is 15.6 Å². The lowest BCUT2D eigenvalue weighted by Gasteiger charge is -2.12. The van der Waals surface area contributed by atoms with Crippen LogP contribution in [0.25, 0.3) is 0 Å². The maximum atomic E-state index is 11.9. The van der Waals surface area contributed by atoms with Gasteiger partial charge in [0.05, 0.1) is 6.61 Å². The van der Waals surface area contributed by atoms with Crippen LogP contribution < -0.4 is 0 Å². The average molecular weight is 277 g/mol. The molecule has 0 unspecified atom stereocenters.